The van der Waals surface area contributed by atoms with Gasteiger partial charge in [0.2, 0.25) is 0 Å². The lowest BCUT2D eigenvalue weighted by Gasteiger charge is -2.05. The Morgan fingerprint density at radius 3 is 2.24 bits per heavy atom. The van der Waals surface area contributed by atoms with E-state index < -0.39 is 0 Å². The second kappa shape index (κ2) is 5.59. The minimum absolute atomic E-state index is 0.0189. The molecule has 0 fully saturated rings. The molecule has 0 atom stereocenters. The topological polar surface area (TPSA) is 50.2 Å². The molecule has 2 aromatic carbocycles. The number of carbonyl (C=O) groups is 1. The first-order chi connectivity index (χ1) is 10.3. The summed E-state index contributed by atoms with van der Waals surface area (Å²) in [7, 11) is 0. The van der Waals surface area contributed by atoms with Crippen LogP contribution in [0.25, 0.3) is 11.3 Å². The van der Waals surface area contributed by atoms with Gasteiger partial charge in [-0.25, -0.2) is 0 Å². The molecule has 0 amide bonds. The molecular weight excluding hydrogens is 262 g/mol. The van der Waals surface area contributed by atoms with Gasteiger partial charge in [0.25, 0.3) is 0 Å². The van der Waals surface area contributed by atoms with Crippen LogP contribution in [-0.4, -0.2) is 15.9 Å². The van der Waals surface area contributed by atoms with Gasteiger partial charge in [0.15, 0.2) is 5.78 Å². The molecule has 3 rings (SSSR count). The number of aromatic hydroxyl groups is 1. The maximum absolute atomic E-state index is 12.3. The molecule has 0 aliphatic heterocycles. The number of pyridine rings is 1. The largest absolute Gasteiger partial charge is 0.507 e. The number of hydrogen-bond donors (Lipinski definition) is 1. The van der Waals surface area contributed by atoms with E-state index in [2.05, 4.69) is 4.98 Å². The highest BCUT2D eigenvalue weighted by molar-refractivity contribution is 6.10. The Morgan fingerprint density at radius 1 is 0.857 bits per heavy atom. The first-order valence-corrected chi connectivity index (χ1v) is 6.60. The van der Waals surface area contributed by atoms with E-state index in [-0.39, 0.29) is 17.1 Å². The van der Waals surface area contributed by atoms with E-state index in [0.29, 0.717) is 5.56 Å². The zero-order chi connectivity index (χ0) is 14.7. The molecule has 102 valence electrons. The first kappa shape index (κ1) is 13.1. The third-order valence-electron chi connectivity index (χ3n) is 3.24. The van der Waals surface area contributed by atoms with E-state index in [4.69, 9.17) is 0 Å². The monoisotopic (exact) mass is 275 g/mol. The average Bonchev–Trinajstić information content (AvgIpc) is 2.56. The fraction of sp³-hybridized carbons (Fsp3) is 0. The van der Waals surface area contributed by atoms with Crippen molar-refractivity contribution in [1.82, 2.24) is 4.98 Å². The number of ketones is 1. The molecule has 0 aliphatic rings. The Bertz CT molecular complexity index is 765. The Labute approximate surface area is 122 Å². The molecule has 0 bridgehead atoms. The van der Waals surface area contributed by atoms with E-state index in [1.54, 1.807) is 24.3 Å². The summed E-state index contributed by atoms with van der Waals surface area (Å²) in [5.74, 6) is -0.255. The highest BCUT2D eigenvalue weighted by Crippen LogP contribution is 2.21. The van der Waals surface area contributed by atoms with Gasteiger partial charge >= 0.3 is 0 Å². The van der Waals surface area contributed by atoms with Crippen LogP contribution >= 0.6 is 0 Å². The third-order valence-corrected chi connectivity index (χ3v) is 3.24. The molecule has 0 spiro atoms. The predicted molar refractivity (Wildman–Crippen MR) is 81.2 cm³/mol. The van der Waals surface area contributed by atoms with E-state index in [0.717, 1.165) is 11.3 Å². The van der Waals surface area contributed by atoms with Crippen molar-refractivity contribution in [3.63, 3.8) is 0 Å². The fourth-order valence-electron chi connectivity index (χ4n) is 2.13. The van der Waals surface area contributed by atoms with E-state index >= 15 is 0 Å². The molecule has 0 saturated carbocycles. The summed E-state index contributed by atoms with van der Waals surface area (Å²) >= 11 is 0. The lowest BCUT2D eigenvalue weighted by Crippen LogP contribution is -2.02. The molecule has 0 unspecified atom stereocenters. The number of carbonyl (C=O) groups excluding carboxylic acids is 1. The number of phenols is 1. The fourth-order valence-corrected chi connectivity index (χ4v) is 2.13. The van der Waals surface area contributed by atoms with Crippen LogP contribution < -0.4 is 0 Å². The van der Waals surface area contributed by atoms with Crippen molar-refractivity contribution in [2.45, 2.75) is 0 Å². The van der Waals surface area contributed by atoms with E-state index in [1.807, 2.05) is 36.4 Å². The number of benzene rings is 2. The molecule has 3 nitrogen and oxygen atoms in total. The zero-order valence-corrected chi connectivity index (χ0v) is 11.2. The summed E-state index contributed by atoms with van der Waals surface area (Å²) in [5, 5.41) is 9.73. The second-order valence-electron chi connectivity index (χ2n) is 4.64. The molecule has 3 aromatic rings. The summed E-state index contributed by atoms with van der Waals surface area (Å²) in [4.78, 5) is 16.6. The summed E-state index contributed by atoms with van der Waals surface area (Å²) in [5.41, 5.74) is 2.55. The van der Waals surface area contributed by atoms with Gasteiger partial charge in [0.05, 0.1) is 11.3 Å². The van der Waals surface area contributed by atoms with Gasteiger partial charge < -0.3 is 5.11 Å². The summed E-state index contributed by atoms with van der Waals surface area (Å²) in [6, 6.07) is 19.8. The molecular formula is C18H13NO2. The number of hydrogen-bond acceptors (Lipinski definition) is 3. The molecule has 1 heterocycles. The van der Waals surface area contributed by atoms with Crippen LogP contribution in [0.3, 0.4) is 0 Å². The number of phenolic OH excluding ortho intramolecular Hbond substituents is 1. The van der Waals surface area contributed by atoms with Gasteiger partial charge in [0.1, 0.15) is 5.75 Å². The zero-order valence-electron chi connectivity index (χ0n) is 11.2. The highest BCUT2D eigenvalue weighted by Gasteiger charge is 2.13. The molecule has 0 aliphatic carbocycles. The van der Waals surface area contributed by atoms with Crippen LogP contribution in [0.2, 0.25) is 0 Å². The van der Waals surface area contributed by atoms with Gasteiger partial charge in [-0.2, -0.15) is 0 Å². The second-order valence-corrected chi connectivity index (χ2v) is 4.64. The van der Waals surface area contributed by atoms with Crippen LogP contribution in [0.5, 0.6) is 5.75 Å². The average molecular weight is 275 g/mol. The van der Waals surface area contributed by atoms with Crippen molar-refractivity contribution in [3.05, 3.63) is 84.1 Å². The van der Waals surface area contributed by atoms with Crippen LogP contribution in [0.4, 0.5) is 0 Å². The molecule has 1 N–H and O–H groups in total. The van der Waals surface area contributed by atoms with Gasteiger partial charge in [0, 0.05) is 17.3 Å². The molecule has 21 heavy (non-hydrogen) atoms. The van der Waals surface area contributed by atoms with E-state index in [1.165, 1.54) is 12.3 Å². The number of para-hydroxylation sites is 1. The normalized spacial score (nSPS) is 10.3. The molecule has 1 aromatic heterocycles. The number of rotatable bonds is 3. The smallest absolute Gasteiger partial charge is 0.198 e. The number of nitrogens with zero attached hydrogens (tertiary/aromatic N) is 1. The van der Waals surface area contributed by atoms with Gasteiger partial charge in [-0.3, -0.25) is 9.78 Å². The molecule has 3 heteroatoms. The summed E-state index contributed by atoms with van der Waals surface area (Å²) in [6.45, 7) is 0. The highest BCUT2D eigenvalue weighted by atomic mass is 16.3. The maximum atomic E-state index is 12.3. The Morgan fingerprint density at radius 2 is 1.57 bits per heavy atom. The maximum Gasteiger partial charge on any atom is 0.198 e. The van der Waals surface area contributed by atoms with Crippen LogP contribution in [-0.2, 0) is 0 Å². The third kappa shape index (κ3) is 2.67. The lowest BCUT2D eigenvalue weighted by molar-refractivity contribution is 0.103. The standard InChI is InChI=1S/C18H13NO2/c20-17-9-5-4-8-15(17)18(21)14-10-11-16(19-12-14)13-6-2-1-3-7-13/h1-12,20H. The van der Waals surface area contributed by atoms with Crippen molar-refractivity contribution in [1.29, 1.82) is 0 Å². The lowest BCUT2D eigenvalue weighted by atomic mass is 10.0. The minimum atomic E-state index is -0.236. The van der Waals surface area contributed by atoms with E-state index in [9.17, 15) is 9.90 Å². The molecule has 0 saturated heterocycles. The Balaban J connectivity index is 1.91. The van der Waals surface area contributed by atoms with Crippen molar-refractivity contribution in [3.8, 4) is 17.0 Å². The summed E-state index contributed by atoms with van der Waals surface area (Å²) in [6.07, 6.45) is 1.54. The Kier molecular flexibility index (Phi) is 3.48. The SMILES string of the molecule is O=C(c1ccc(-c2ccccc2)nc1)c1ccccc1O. The molecule has 0 radical (unpaired) electrons. The Hall–Kier alpha value is -2.94. The van der Waals surface area contributed by atoms with Crippen LogP contribution in [0, 0.1) is 0 Å². The van der Waals surface area contributed by atoms with Crippen molar-refractivity contribution in [2.24, 2.45) is 0 Å². The van der Waals surface area contributed by atoms with Gasteiger partial charge in [-0.15, -0.1) is 0 Å². The quantitative estimate of drug-likeness (QED) is 0.742. The minimum Gasteiger partial charge on any atom is -0.507 e. The van der Waals surface area contributed by atoms with Crippen LogP contribution in [0.15, 0.2) is 72.9 Å². The van der Waals surface area contributed by atoms with Crippen molar-refractivity contribution >= 4 is 5.78 Å². The van der Waals surface area contributed by atoms with Gasteiger partial charge in [-0.05, 0) is 24.3 Å². The van der Waals surface area contributed by atoms with Crippen molar-refractivity contribution < 1.29 is 9.90 Å². The van der Waals surface area contributed by atoms with Crippen LogP contribution in [0.1, 0.15) is 15.9 Å². The first-order valence-electron chi connectivity index (χ1n) is 6.60. The summed E-state index contributed by atoms with van der Waals surface area (Å²) < 4.78 is 0. The van der Waals surface area contributed by atoms with Crippen molar-refractivity contribution in [2.75, 3.05) is 0 Å². The number of aromatic nitrogens is 1. The van der Waals surface area contributed by atoms with Gasteiger partial charge in [-0.1, -0.05) is 42.5 Å². The predicted octanol–water partition coefficient (Wildman–Crippen LogP) is 3.69.